The number of thioether (sulfide) groups is 1. The number of anilines is 2. The van der Waals surface area contributed by atoms with Crippen molar-refractivity contribution >= 4 is 52.5 Å². The van der Waals surface area contributed by atoms with Crippen LogP contribution in [0.2, 0.25) is 5.02 Å². The van der Waals surface area contributed by atoms with Crippen LogP contribution >= 0.6 is 23.4 Å². The van der Waals surface area contributed by atoms with Crippen LogP contribution in [0, 0.1) is 0 Å². The molecule has 3 amide bonds. The lowest BCUT2D eigenvalue weighted by molar-refractivity contribution is -0.126. The highest BCUT2D eigenvalue weighted by atomic mass is 35.5. The number of hydrogen-bond donors (Lipinski definition) is 1. The van der Waals surface area contributed by atoms with E-state index in [9.17, 15) is 14.4 Å². The number of nitrogens with one attached hydrogen (secondary N) is 1. The van der Waals surface area contributed by atoms with Crippen molar-refractivity contribution in [3.63, 3.8) is 0 Å². The standard InChI is InChI=1S/C23H22ClN3O3S/c24-15-9-11-17(12-10-15)27-21(29)14-31-23(27)18-7-3-4-8-19(18)26(22(23)30)13-20(28)25-16-5-1-2-6-16/h3-4,7-12,16H,1-2,5-6,13-14H2,(H,25,28)/t23-/m0/s1. The molecule has 1 atom stereocenters. The van der Waals surface area contributed by atoms with Gasteiger partial charge in [-0.1, -0.05) is 42.6 Å². The van der Waals surface area contributed by atoms with Crippen molar-refractivity contribution in [2.75, 3.05) is 22.1 Å². The third-order valence-corrected chi connectivity index (χ3v) is 7.81. The molecule has 6 nitrogen and oxygen atoms in total. The molecule has 5 rings (SSSR count). The highest BCUT2D eigenvalue weighted by Gasteiger charge is 2.61. The van der Waals surface area contributed by atoms with Crippen LogP contribution in [0.4, 0.5) is 11.4 Å². The summed E-state index contributed by atoms with van der Waals surface area (Å²) in [4.78, 5) is 41.4. The molecule has 2 aliphatic heterocycles. The minimum atomic E-state index is -1.21. The van der Waals surface area contributed by atoms with Crippen molar-refractivity contribution in [2.24, 2.45) is 0 Å². The van der Waals surface area contributed by atoms with Gasteiger partial charge in [0.1, 0.15) is 6.54 Å². The molecule has 1 spiro atoms. The fraction of sp³-hybridized carbons (Fsp3) is 0.348. The predicted molar refractivity (Wildman–Crippen MR) is 122 cm³/mol. The Labute approximate surface area is 189 Å². The number of hydrogen-bond acceptors (Lipinski definition) is 4. The molecular weight excluding hydrogens is 434 g/mol. The monoisotopic (exact) mass is 455 g/mol. The lowest BCUT2D eigenvalue weighted by Crippen LogP contribution is -2.51. The van der Waals surface area contributed by atoms with E-state index in [1.165, 1.54) is 16.7 Å². The van der Waals surface area contributed by atoms with Gasteiger partial charge in [0.2, 0.25) is 16.7 Å². The van der Waals surface area contributed by atoms with Crippen LogP contribution in [-0.4, -0.2) is 36.1 Å². The van der Waals surface area contributed by atoms with Gasteiger partial charge in [0, 0.05) is 22.3 Å². The number of carbonyl (C=O) groups excluding carboxylic acids is 3. The van der Waals surface area contributed by atoms with Gasteiger partial charge in [0.15, 0.2) is 0 Å². The van der Waals surface area contributed by atoms with Gasteiger partial charge in [-0.3, -0.25) is 24.2 Å². The summed E-state index contributed by atoms with van der Waals surface area (Å²) < 4.78 is 0. The van der Waals surface area contributed by atoms with E-state index >= 15 is 0 Å². The normalized spacial score (nSPS) is 23.1. The topological polar surface area (TPSA) is 69.7 Å². The van der Waals surface area contributed by atoms with Crippen LogP contribution in [0.5, 0.6) is 0 Å². The lowest BCUT2D eigenvalue weighted by atomic mass is 10.0. The minimum absolute atomic E-state index is 0.0582. The van der Waals surface area contributed by atoms with E-state index in [-0.39, 0.29) is 36.1 Å². The van der Waals surface area contributed by atoms with E-state index in [4.69, 9.17) is 11.6 Å². The van der Waals surface area contributed by atoms with Gasteiger partial charge in [0.25, 0.3) is 5.91 Å². The Morgan fingerprint density at radius 1 is 1.10 bits per heavy atom. The van der Waals surface area contributed by atoms with E-state index in [0.717, 1.165) is 31.2 Å². The number of fused-ring (bicyclic) bond motifs is 2. The first-order chi connectivity index (χ1) is 15.0. The summed E-state index contributed by atoms with van der Waals surface area (Å²) >= 11 is 7.34. The Morgan fingerprint density at radius 2 is 1.81 bits per heavy atom. The highest BCUT2D eigenvalue weighted by Crippen LogP contribution is 2.55. The number of para-hydroxylation sites is 1. The van der Waals surface area contributed by atoms with E-state index in [2.05, 4.69) is 5.32 Å². The van der Waals surface area contributed by atoms with Crippen LogP contribution in [0.3, 0.4) is 0 Å². The third-order valence-electron chi connectivity index (χ3n) is 6.17. The lowest BCUT2D eigenvalue weighted by Gasteiger charge is -2.33. The molecule has 2 aromatic carbocycles. The molecule has 2 heterocycles. The molecule has 2 fully saturated rings. The van der Waals surface area contributed by atoms with Crippen molar-refractivity contribution in [1.29, 1.82) is 0 Å². The first kappa shape index (κ1) is 20.4. The second kappa shape index (κ2) is 7.88. The van der Waals surface area contributed by atoms with E-state index in [1.807, 2.05) is 24.3 Å². The van der Waals surface area contributed by atoms with Crippen molar-refractivity contribution in [2.45, 2.75) is 36.6 Å². The van der Waals surface area contributed by atoms with Gasteiger partial charge < -0.3 is 5.32 Å². The maximum atomic E-state index is 13.9. The predicted octanol–water partition coefficient (Wildman–Crippen LogP) is 3.68. The number of benzene rings is 2. The smallest absolute Gasteiger partial charge is 0.269 e. The highest BCUT2D eigenvalue weighted by molar-refractivity contribution is 8.02. The summed E-state index contributed by atoms with van der Waals surface area (Å²) in [5.41, 5.74) is 2.02. The van der Waals surface area contributed by atoms with Crippen molar-refractivity contribution in [3.8, 4) is 0 Å². The Balaban J connectivity index is 1.51. The van der Waals surface area contributed by atoms with Gasteiger partial charge in [-0.25, -0.2) is 0 Å². The van der Waals surface area contributed by atoms with Crippen molar-refractivity contribution in [3.05, 3.63) is 59.1 Å². The number of rotatable bonds is 4. The molecule has 0 bridgehead atoms. The second-order valence-corrected chi connectivity index (χ2v) is 9.70. The average Bonchev–Trinajstić information content (AvgIpc) is 3.45. The summed E-state index contributed by atoms with van der Waals surface area (Å²) in [5, 5.41) is 3.62. The van der Waals surface area contributed by atoms with Gasteiger partial charge in [-0.15, -0.1) is 11.8 Å². The zero-order valence-corrected chi connectivity index (χ0v) is 18.4. The van der Waals surface area contributed by atoms with Gasteiger partial charge in [-0.05, 0) is 43.2 Å². The molecule has 160 valence electrons. The quantitative estimate of drug-likeness (QED) is 0.763. The van der Waals surface area contributed by atoms with Gasteiger partial charge in [0.05, 0.1) is 11.4 Å². The summed E-state index contributed by atoms with van der Waals surface area (Å²) in [6.45, 7) is -0.0582. The minimum Gasteiger partial charge on any atom is -0.352 e. The second-order valence-electron chi connectivity index (χ2n) is 8.10. The molecule has 1 N–H and O–H groups in total. The van der Waals surface area contributed by atoms with Crippen LogP contribution < -0.4 is 15.1 Å². The van der Waals surface area contributed by atoms with E-state index < -0.39 is 4.87 Å². The van der Waals surface area contributed by atoms with Crippen LogP contribution in [0.1, 0.15) is 31.2 Å². The Morgan fingerprint density at radius 3 is 2.55 bits per heavy atom. The molecule has 1 saturated carbocycles. The maximum Gasteiger partial charge on any atom is 0.269 e. The largest absolute Gasteiger partial charge is 0.352 e. The summed E-state index contributed by atoms with van der Waals surface area (Å²) in [6.07, 6.45) is 4.20. The zero-order valence-electron chi connectivity index (χ0n) is 16.8. The van der Waals surface area contributed by atoms with Crippen molar-refractivity contribution in [1.82, 2.24) is 5.32 Å². The average molecular weight is 456 g/mol. The van der Waals surface area contributed by atoms with Crippen LogP contribution in [0.25, 0.3) is 0 Å². The molecule has 0 unspecified atom stereocenters. The molecule has 0 radical (unpaired) electrons. The summed E-state index contributed by atoms with van der Waals surface area (Å²) in [5.74, 6) is -0.390. The zero-order chi connectivity index (χ0) is 21.6. The molecule has 3 aliphatic rings. The van der Waals surface area contributed by atoms with E-state index in [0.29, 0.717) is 16.4 Å². The molecule has 0 aromatic heterocycles. The Kier molecular flexibility index (Phi) is 5.18. The fourth-order valence-electron chi connectivity index (χ4n) is 4.79. The summed E-state index contributed by atoms with van der Waals surface area (Å²) in [6, 6.07) is 14.5. The number of carbonyl (C=O) groups is 3. The fourth-order valence-corrected chi connectivity index (χ4v) is 6.28. The number of amides is 3. The molecule has 1 saturated heterocycles. The molecule has 31 heavy (non-hydrogen) atoms. The van der Waals surface area contributed by atoms with Crippen LogP contribution in [-0.2, 0) is 19.3 Å². The first-order valence-electron chi connectivity index (χ1n) is 10.4. The van der Waals surface area contributed by atoms with Crippen LogP contribution in [0.15, 0.2) is 48.5 Å². The SMILES string of the molecule is O=C(CN1C(=O)[C@@]2(SCC(=O)N2c2ccc(Cl)cc2)c2ccccc21)NC1CCCC1. The third kappa shape index (κ3) is 3.31. The van der Waals surface area contributed by atoms with E-state index in [1.54, 1.807) is 29.2 Å². The molecule has 2 aromatic rings. The molecule has 1 aliphatic carbocycles. The molecular formula is C23H22ClN3O3S. The van der Waals surface area contributed by atoms with Crippen molar-refractivity contribution < 1.29 is 14.4 Å². The first-order valence-corrected chi connectivity index (χ1v) is 11.8. The Bertz CT molecular complexity index is 1050. The number of halogens is 1. The summed E-state index contributed by atoms with van der Waals surface area (Å²) in [7, 11) is 0. The van der Waals surface area contributed by atoms with Gasteiger partial charge in [-0.2, -0.15) is 0 Å². The Hall–Kier alpha value is -2.51. The number of nitrogens with zero attached hydrogens (tertiary/aromatic N) is 2. The maximum absolute atomic E-state index is 13.9. The molecule has 8 heteroatoms. The van der Waals surface area contributed by atoms with Gasteiger partial charge >= 0.3 is 0 Å².